The Bertz CT molecular complexity index is 998. The second-order valence-electron chi connectivity index (χ2n) is 6.63. The highest BCUT2D eigenvalue weighted by molar-refractivity contribution is 6.33. The zero-order chi connectivity index (χ0) is 20.3. The number of hydrogen-bond acceptors (Lipinski definition) is 5. The molecule has 0 unspecified atom stereocenters. The second kappa shape index (κ2) is 8.31. The summed E-state index contributed by atoms with van der Waals surface area (Å²) in [6.07, 6.45) is 1.57. The fourth-order valence-electron chi connectivity index (χ4n) is 2.81. The molecule has 146 valence electrons. The van der Waals surface area contributed by atoms with Gasteiger partial charge in [-0.15, -0.1) is 0 Å². The van der Waals surface area contributed by atoms with Gasteiger partial charge in [0.2, 0.25) is 0 Å². The maximum atomic E-state index is 12.1. The minimum atomic E-state index is -0.178. The summed E-state index contributed by atoms with van der Waals surface area (Å²) in [5, 5.41) is 14.1. The summed E-state index contributed by atoms with van der Waals surface area (Å²) in [4.78, 5) is 16.5. The van der Waals surface area contributed by atoms with Crippen molar-refractivity contribution < 1.29 is 4.79 Å². The molecule has 1 aromatic carbocycles. The van der Waals surface area contributed by atoms with Crippen LogP contribution in [0.1, 0.15) is 35.9 Å². The van der Waals surface area contributed by atoms with E-state index in [1.54, 1.807) is 25.4 Å². The SMILES string of the molecule is CNC(=O)c1ccccc1Nc1cc(Nc2cc(C)nn2C(C)C)ncc1Cl. The molecule has 0 aliphatic carbocycles. The van der Waals surface area contributed by atoms with Crippen LogP contribution in [0.15, 0.2) is 42.6 Å². The Morgan fingerprint density at radius 2 is 1.89 bits per heavy atom. The number of nitrogens with one attached hydrogen (secondary N) is 3. The lowest BCUT2D eigenvalue weighted by molar-refractivity contribution is 0.0964. The van der Waals surface area contributed by atoms with Crippen molar-refractivity contribution in [2.75, 3.05) is 17.7 Å². The smallest absolute Gasteiger partial charge is 0.253 e. The molecular weight excluding hydrogens is 376 g/mol. The minimum absolute atomic E-state index is 0.178. The van der Waals surface area contributed by atoms with Gasteiger partial charge in [-0.25, -0.2) is 9.67 Å². The van der Waals surface area contributed by atoms with Crippen molar-refractivity contribution in [3.63, 3.8) is 0 Å². The summed E-state index contributed by atoms with van der Waals surface area (Å²) in [7, 11) is 1.60. The summed E-state index contributed by atoms with van der Waals surface area (Å²) in [5.41, 5.74) is 2.75. The number of aromatic nitrogens is 3. The highest BCUT2D eigenvalue weighted by Gasteiger charge is 2.13. The van der Waals surface area contributed by atoms with Gasteiger partial charge in [-0.1, -0.05) is 23.7 Å². The summed E-state index contributed by atoms with van der Waals surface area (Å²) < 4.78 is 1.90. The van der Waals surface area contributed by atoms with E-state index in [0.29, 0.717) is 27.8 Å². The molecule has 0 spiro atoms. The van der Waals surface area contributed by atoms with Crippen LogP contribution in [0, 0.1) is 6.92 Å². The molecule has 28 heavy (non-hydrogen) atoms. The molecule has 0 fully saturated rings. The van der Waals surface area contributed by atoms with Gasteiger partial charge >= 0.3 is 0 Å². The molecule has 0 saturated carbocycles. The van der Waals surface area contributed by atoms with Crippen LogP contribution < -0.4 is 16.0 Å². The van der Waals surface area contributed by atoms with E-state index in [9.17, 15) is 4.79 Å². The fraction of sp³-hybridized carbons (Fsp3) is 0.250. The molecule has 2 heterocycles. The van der Waals surface area contributed by atoms with E-state index in [1.807, 2.05) is 35.9 Å². The molecule has 0 saturated heterocycles. The Labute approximate surface area is 169 Å². The van der Waals surface area contributed by atoms with E-state index in [-0.39, 0.29) is 11.9 Å². The van der Waals surface area contributed by atoms with E-state index in [2.05, 4.69) is 39.9 Å². The maximum Gasteiger partial charge on any atom is 0.253 e. The standard InChI is InChI=1S/C20H23ClN6O/c1-12(2)27-19(9-13(3)26-27)25-18-10-17(15(21)11-23-18)24-16-8-6-5-7-14(16)20(28)22-4/h5-12H,1-4H3,(H,22,28)(H2,23,24,25). The molecule has 3 aromatic rings. The van der Waals surface area contributed by atoms with Gasteiger partial charge in [0.05, 0.1) is 33.9 Å². The Kier molecular flexibility index (Phi) is 5.84. The van der Waals surface area contributed by atoms with Gasteiger partial charge in [0.15, 0.2) is 0 Å². The van der Waals surface area contributed by atoms with Crippen LogP contribution in [0.3, 0.4) is 0 Å². The maximum absolute atomic E-state index is 12.1. The first kappa shape index (κ1) is 19.7. The summed E-state index contributed by atoms with van der Waals surface area (Å²) in [6.45, 7) is 6.08. The number of amides is 1. The van der Waals surface area contributed by atoms with Crippen LogP contribution >= 0.6 is 11.6 Å². The average molecular weight is 399 g/mol. The van der Waals surface area contributed by atoms with Crippen LogP contribution in [0.5, 0.6) is 0 Å². The van der Waals surface area contributed by atoms with Gasteiger partial charge in [-0.05, 0) is 32.9 Å². The number of hydrogen-bond donors (Lipinski definition) is 3. The highest BCUT2D eigenvalue weighted by Crippen LogP contribution is 2.30. The molecule has 0 aliphatic heterocycles. The molecular formula is C20H23ClN6O. The Morgan fingerprint density at radius 1 is 1.14 bits per heavy atom. The van der Waals surface area contributed by atoms with E-state index < -0.39 is 0 Å². The molecule has 0 bridgehead atoms. The predicted molar refractivity (Wildman–Crippen MR) is 113 cm³/mol. The molecule has 3 N–H and O–H groups in total. The molecule has 8 heteroatoms. The number of pyridine rings is 1. The van der Waals surface area contributed by atoms with Crippen molar-refractivity contribution in [1.29, 1.82) is 0 Å². The van der Waals surface area contributed by atoms with Gasteiger partial charge in [-0.2, -0.15) is 5.10 Å². The molecule has 2 aromatic heterocycles. The number of carbonyl (C=O) groups excluding carboxylic acids is 1. The largest absolute Gasteiger partial charge is 0.355 e. The Morgan fingerprint density at radius 3 is 2.61 bits per heavy atom. The third kappa shape index (κ3) is 4.26. The molecule has 0 aliphatic rings. The van der Waals surface area contributed by atoms with Crippen molar-refractivity contribution >= 4 is 40.5 Å². The van der Waals surface area contributed by atoms with Crippen molar-refractivity contribution in [2.45, 2.75) is 26.8 Å². The predicted octanol–water partition coefficient (Wildman–Crippen LogP) is 4.67. The number of para-hydroxylation sites is 1. The van der Waals surface area contributed by atoms with Crippen LogP contribution in [-0.4, -0.2) is 27.7 Å². The third-order valence-electron chi connectivity index (χ3n) is 4.13. The van der Waals surface area contributed by atoms with Gasteiger partial charge < -0.3 is 16.0 Å². The first-order chi connectivity index (χ1) is 13.4. The first-order valence-electron chi connectivity index (χ1n) is 8.96. The van der Waals surface area contributed by atoms with Crippen LogP contribution in [0.4, 0.5) is 23.0 Å². The van der Waals surface area contributed by atoms with Gasteiger partial charge in [0.25, 0.3) is 5.91 Å². The number of benzene rings is 1. The quantitative estimate of drug-likeness (QED) is 0.562. The highest BCUT2D eigenvalue weighted by atomic mass is 35.5. The van der Waals surface area contributed by atoms with Crippen LogP contribution in [0.25, 0.3) is 0 Å². The normalized spacial score (nSPS) is 10.8. The molecule has 3 rings (SSSR count). The average Bonchev–Trinajstić information content (AvgIpc) is 3.04. The third-order valence-corrected chi connectivity index (χ3v) is 4.43. The molecule has 0 radical (unpaired) electrons. The van der Waals surface area contributed by atoms with E-state index in [4.69, 9.17) is 11.6 Å². The van der Waals surface area contributed by atoms with Crippen LogP contribution in [-0.2, 0) is 0 Å². The Hall–Kier alpha value is -3.06. The lowest BCUT2D eigenvalue weighted by Gasteiger charge is -2.15. The van der Waals surface area contributed by atoms with Crippen molar-refractivity contribution in [3.8, 4) is 0 Å². The molecule has 7 nitrogen and oxygen atoms in total. The number of nitrogens with zero attached hydrogens (tertiary/aromatic N) is 3. The van der Waals surface area contributed by atoms with E-state index in [0.717, 1.165) is 11.5 Å². The summed E-state index contributed by atoms with van der Waals surface area (Å²) in [6, 6.07) is 11.2. The van der Waals surface area contributed by atoms with Crippen molar-refractivity contribution in [3.05, 3.63) is 58.9 Å². The second-order valence-corrected chi connectivity index (χ2v) is 7.04. The number of rotatable bonds is 6. The lowest BCUT2D eigenvalue weighted by Crippen LogP contribution is -2.19. The topological polar surface area (TPSA) is 83.9 Å². The minimum Gasteiger partial charge on any atom is -0.355 e. The number of carbonyl (C=O) groups is 1. The first-order valence-corrected chi connectivity index (χ1v) is 9.33. The zero-order valence-corrected chi connectivity index (χ0v) is 17.0. The van der Waals surface area contributed by atoms with E-state index in [1.165, 1.54) is 0 Å². The Balaban J connectivity index is 1.90. The van der Waals surface area contributed by atoms with Gasteiger partial charge in [0.1, 0.15) is 11.6 Å². The molecule has 1 amide bonds. The van der Waals surface area contributed by atoms with Gasteiger partial charge in [0, 0.05) is 25.2 Å². The molecule has 0 atom stereocenters. The van der Waals surface area contributed by atoms with Crippen LogP contribution in [0.2, 0.25) is 5.02 Å². The fourth-order valence-corrected chi connectivity index (χ4v) is 2.96. The zero-order valence-electron chi connectivity index (χ0n) is 16.2. The summed E-state index contributed by atoms with van der Waals surface area (Å²) >= 11 is 6.33. The number of aryl methyl sites for hydroxylation is 1. The number of halogens is 1. The van der Waals surface area contributed by atoms with Crippen molar-refractivity contribution in [2.24, 2.45) is 0 Å². The monoisotopic (exact) mass is 398 g/mol. The lowest BCUT2D eigenvalue weighted by atomic mass is 10.1. The number of anilines is 4. The summed E-state index contributed by atoms with van der Waals surface area (Å²) in [5.74, 6) is 1.29. The van der Waals surface area contributed by atoms with Gasteiger partial charge in [-0.3, -0.25) is 4.79 Å². The van der Waals surface area contributed by atoms with E-state index >= 15 is 0 Å². The van der Waals surface area contributed by atoms with Crippen molar-refractivity contribution in [1.82, 2.24) is 20.1 Å².